The van der Waals surface area contributed by atoms with E-state index in [1.54, 1.807) is 0 Å². The predicted molar refractivity (Wildman–Crippen MR) is 85.4 cm³/mol. The molecule has 0 aliphatic rings. The summed E-state index contributed by atoms with van der Waals surface area (Å²) in [7, 11) is 3.80. The number of anilines is 2. The number of hydrogen-bond acceptors (Lipinski definition) is 3. The lowest BCUT2D eigenvalue weighted by atomic mass is 10.2. The van der Waals surface area contributed by atoms with Crippen LogP contribution in [-0.2, 0) is 6.54 Å². The Labute approximate surface area is 125 Å². The van der Waals surface area contributed by atoms with Crippen molar-refractivity contribution in [1.29, 1.82) is 0 Å². The highest BCUT2D eigenvalue weighted by Crippen LogP contribution is 2.21. The molecule has 114 valence electrons. The van der Waals surface area contributed by atoms with E-state index in [1.807, 2.05) is 42.9 Å². The molecule has 4 nitrogen and oxygen atoms in total. The molecule has 0 saturated heterocycles. The van der Waals surface area contributed by atoms with Gasteiger partial charge in [-0.15, -0.1) is 0 Å². The molecule has 1 aromatic heterocycles. The zero-order chi connectivity index (χ0) is 15.6. The van der Waals surface area contributed by atoms with E-state index in [0.717, 1.165) is 22.6 Å². The van der Waals surface area contributed by atoms with E-state index in [2.05, 4.69) is 24.3 Å². The second-order valence-electron chi connectivity index (χ2n) is 5.76. The molecule has 21 heavy (non-hydrogen) atoms. The molecule has 0 aliphatic carbocycles. The lowest BCUT2D eigenvalue weighted by molar-refractivity contribution is 0.529. The topological polar surface area (TPSA) is 33.1 Å². The van der Waals surface area contributed by atoms with E-state index in [9.17, 15) is 4.39 Å². The monoisotopic (exact) mass is 290 g/mol. The quantitative estimate of drug-likeness (QED) is 0.913. The third-order valence-electron chi connectivity index (χ3n) is 3.43. The molecule has 0 fully saturated rings. The summed E-state index contributed by atoms with van der Waals surface area (Å²) in [5.41, 5.74) is 3.74. The molecule has 5 heteroatoms. The van der Waals surface area contributed by atoms with Gasteiger partial charge < -0.3 is 10.2 Å². The van der Waals surface area contributed by atoms with Gasteiger partial charge in [-0.05, 0) is 39.0 Å². The fraction of sp³-hybridized carbons (Fsp3) is 0.438. The fourth-order valence-electron chi connectivity index (χ4n) is 2.09. The summed E-state index contributed by atoms with van der Waals surface area (Å²) in [6.07, 6.45) is 2.04. The van der Waals surface area contributed by atoms with Crippen LogP contribution in [-0.4, -0.2) is 23.9 Å². The summed E-state index contributed by atoms with van der Waals surface area (Å²) in [5.74, 6) is -0.238. The third kappa shape index (κ3) is 3.74. The summed E-state index contributed by atoms with van der Waals surface area (Å²) >= 11 is 0. The van der Waals surface area contributed by atoms with Crippen LogP contribution in [0.2, 0.25) is 0 Å². The van der Waals surface area contributed by atoms with Crippen LogP contribution in [0.25, 0.3) is 0 Å². The SMILES string of the molecule is Cc1nn(C(C)C)cc1CNc1cc(F)cc(N(C)C)c1. The number of nitrogens with one attached hydrogen (secondary N) is 1. The zero-order valence-electron chi connectivity index (χ0n) is 13.3. The summed E-state index contributed by atoms with van der Waals surface area (Å²) in [6.45, 7) is 6.82. The predicted octanol–water partition coefficient (Wildman–Crippen LogP) is 3.59. The van der Waals surface area contributed by atoms with Crippen LogP contribution in [0.3, 0.4) is 0 Å². The van der Waals surface area contributed by atoms with Gasteiger partial charge in [-0.3, -0.25) is 4.68 Å². The van der Waals surface area contributed by atoms with Crippen LogP contribution in [0.15, 0.2) is 24.4 Å². The first-order valence-corrected chi connectivity index (χ1v) is 7.13. The standard InChI is InChI=1S/C16H23FN4/c1-11(2)21-10-13(12(3)19-21)9-18-15-6-14(17)7-16(8-15)20(4)5/h6-8,10-11,18H,9H2,1-5H3. The van der Waals surface area contributed by atoms with Crippen molar-refractivity contribution in [1.82, 2.24) is 9.78 Å². The second-order valence-corrected chi connectivity index (χ2v) is 5.76. The van der Waals surface area contributed by atoms with Gasteiger partial charge in [0, 0.05) is 49.8 Å². The minimum atomic E-state index is -0.238. The second kappa shape index (κ2) is 6.16. The van der Waals surface area contributed by atoms with E-state index in [0.29, 0.717) is 12.6 Å². The van der Waals surface area contributed by atoms with E-state index in [-0.39, 0.29) is 5.82 Å². The Balaban J connectivity index is 2.13. The molecule has 1 heterocycles. The lowest BCUT2D eigenvalue weighted by Gasteiger charge is -2.15. The smallest absolute Gasteiger partial charge is 0.127 e. The summed E-state index contributed by atoms with van der Waals surface area (Å²) in [6, 6.07) is 5.31. The highest BCUT2D eigenvalue weighted by atomic mass is 19.1. The van der Waals surface area contributed by atoms with Crippen LogP contribution in [0.4, 0.5) is 15.8 Å². The lowest BCUT2D eigenvalue weighted by Crippen LogP contribution is -2.10. The van der Waals surface area contributed by atoms with Gasteiger partial charge in [0.2, 0.25) is 0 Å². The Morgan fingerprint density at radius 1 is 1.29 bits per heavy atom. The summed E-state index contributed by atoms with van der Waals surface area (Å²) < 4.78 is 15.6. The first-order chi connectivity index (χ1) is 9.86. The molecule has 0 atom stereocenters. The third-order valence-corrected chi connectivity index (χ3v) is 3.43. The van der Waals surface area contributed by atoms with E-state index in [1.165, 1.54) is 12.1 Å². The Kier molecular flexibility index (Phi) is 4.50. The Morgan fingerprint density at radius 3 is 2.57 bits per heavy atom. The molecule has 2 aromatic rings. The number of halogens is 1. The molecule has 0 amide bonds. The van der Waals surface area contributed by atoms with Crippen LogP contribution in [0.1, 0.15) is 31.1 Å². The van der Waals surface area contributed by atoms with Crippen molar-refractivity contribution in [3.05, 3.63) is 41.5 Å². The van der Waals surface area contributed by atoms with E-state index < -0.39 is 0 Å². The molecule has 1 N–H and O–H groups in total. The number of nitrogens with zero attached hydrogens (tertiary/aromatic N) is 3. The first kappa shape index (κ1) is 15.4. The van der Waals surface area contributed by atoms with Crippen molar-refractivity contribution in [2.75, 3.05) is 24.3 Å². The number of aromatic nitrogens is 2. The van der Waals surface area contributed by atoms with Crippen LogP contribution in [0, 0.1) is 12.7 Å². The largest absolute Gasteiger partial charge is 0.381 e. The zero-order valence-corrected chi connectivity index (χ0v) is 13.3. The molecular formula is C16H23FN4. The fourth-order valence-corrected chi connectivity index (χ4v) is 2.09. The number of benzene rings is 1. The molecule has 1 aromatic carbocycles. The molecule has 0 saturated carbocycles. The van der Waals surface area contributed by atoms with Crippen LogP contribution in [0.5, 0.6) is 0 Å². The van der Waals surface area contributed by atoms with Crippen LogP contribution >= 0.6 is 0 Å². The summed E-state index contributed by atoms with van der Waals surface area (Å²) in [4.78, 5) is 1.89. The van der Waals surface area contributed by atoms with Gasteiger partial charge in [0.1, 0.15) is 5.82 Å². The maximum absolute atomic E-state index is 13.6. The van der Waals surface area contributed by atoms with Gasteiger partial charge in [0.25, 0.3) is 0 Å². The maximum atomic E-state index is 13.6. The molecule has 0 aliphatic heterocycles. The first-order valence-electron chi connectivity index (χ1n) is 7.13. The Morgan fingerprint density at radius 2 is 2.00 bits per heavy atom. The van der Waals surface area contributed by atoms with Gasteiger partial charge in [0.05, 0.1) is 5.69 Å². The normalized spacial score (nSPS) is 11.0. The van der Waals surface area contributed by atoms with Gasteiger partial charge in [-0.25, -0.2) is 4.39 Å². The van der Waals surface area contributed by atoms with Crippen molar-refractivity contribution in [2.45, 2.75) is 33.4 Å². The maximum Gasteiger partial charge on any atom is 0.127 e. The minimum absolute atomic E-state index is 0.238. The molecule has 0 bridgehead atoms. The van der Waals surface area contributed by atoms with Crippen molar-refractivity contribution >= 4 is 11.4 Å². The van der Waals surface area contributed by atoms with Crippen molar-refractivity contribution in [3.63, 3.8) is 0 Å². The van der Waals surface area contributed by atoms with Crippen LogP contribution < -0.4 is 10.2 Å². The molecule has 0 spiro atoms. The molecular weight excluding hydrogens is 267 g/mol. The van der Waals surface area contributed by atoms with Crippen molar-refractivity contribution in [3.8, 4) is 0 Å². The van der Waals surface area contributed by atoms with Gasteiger partial charge in [-0.1, -0.05) is 0 Å². The number of aryl methyl sites for hydroxylation is 1. The van der Waals surface area contributed by atoms with Crippen molar-refractivity contribution in [2.24, 2.45) is 0 Å². The minimum Gasteiger partial charge on any atom is -0.381 e. The summed E-state index contributed by atoms with van der Waals surface area (Å²) in [5, 5.41) is 7.75. The highest BCUT2D eigenvalue weighted by Gasteiger charge is 2.08. The number of hydrogen-bond donors (Lipinski definition) is 1. The molecule has 2 rings (SSSR count). The van der Waals surface area contributed by atoms with Gasteiger partial charge in [-0.2, -0.15) is 5.10 Å². The van der Waals surface area contributed by atoms with Gasteiger partial charge in [0.15, 0.2) is 0 Å². The van der Waals surface area contributed by atoms with E-state index >= 15 is 0 Å². The Hall–Kier alpha value is -2.04. The number of rotatable bonds is 5. The van der Waals surface area contributed by atoms with Crippen molar-refractivity contribution < 1.29 is 4.39 Å². The van der Waals surface area contributed by atoms with E-state index in [4.69, 9.17) is 0 Å². The molecule has 0 radical (unpaired) electrons. The highest BCUT2D eigenvalue weighted by molar-refractivity contribution is 5.58. The Bertz CT molecular complexity index is 617. The van der Waals surface area contributed by atoms with Gasteiger partial charge >= 0.3 is 0 Å². The molecule has 0 unspecified atom stereocenters. The average molecular weight is 290 g/mol. The average Bonchev–Trinajstić information content (AvgIpc) is 2.77.